The highest BCUT2D eigenvalue weighted by molar-refractivity contribution is 7.89. The van der Waals surface area contributed by atoms with E-state index in [0.29, 0.717) is 25.1 Å². The second-order valence-corrected chi connectivity index (χ2v) is 5.97. The van der Waals surface area contributed by atoms with Gasteiger partial charge in [0.05, 0.1) is 4.90 Å². The fourth-order valence-corrected chi connectivity index (χ4v) is 2.60. The van der Waals surface area contributed by atoms with Gasteiger partial charge in [-0.05, 0) is 43.9 Å². The molecular formula is C12H20N2O3S. The summed E-state index contributed by atoms with van der Waals surface area (Å²) in [6, 6.07) is 4.70. The molecule has 0 amide bonds. The predicted octanol–water partition coefficient (Wildman–Crippen LogP) is 1.02. The lowest BCUT2D eigenvalue weighted by Gasteiger charge is -2.08. The van der Waals surface area contributed by atoms with Crippen LogP contribution in [0.1, 0.15) is 24.8 Å². The first kappa shape index (κ1) is 14.9. The summed E-state index contributed by atoms with van der Waals surface area (Å²) in [4.78, 5) is 0.188. The maximum absolute atomic E-state index is 11.9. The van der Waals surface area contributed by atoms with Crippen molar-refractivity contribution >= 4 is 15.7 Å². The van der Waals surface area contributed by atoms with E-state index in [1.54, 1.807) is 12.1 Å². The minimum absolute atomic E-state index is 0.140. The van der Waals surface area contributed by atoms with E-state index in [1.165, 1.54) is 6.07 Å². The molecule has 0 radical (unpaired) electrons. The first-order valence-electron chi connectivity index (χ1n) is 5.94. The van der Waals surface area contributed by atoms with Gasteiger partial charge in [-0.2, -0.15) is 0 Å². The number of sulfonamides is 1. The van der Waals surface area contributed by atoms with Crippen molar-refractivity contribution < 1.29 is 13.5 Å². The molecule has 0 fully saturated rings. The molecule has 0 saturated carbocycles. The number of aryl methyl sites for hydroxylation is 1. The normalized spacial score (nSPS) is 11.7. The average molecular weight is 272 g/mol. The Labute approximate surface area is 108 Å². The molecule has 0 saturated heterocycles. The number of rotatable bonds is 7. The van der Waals surface area contributed by atoms with Gasteiger partial charge in [-0.3, -0.25) is 0 Å². The van der Waals surface area contributed by atoms with E-state index in [0.717, 1.165) is 12.0 Å². The van der Waals surface area contributed by atoms with Crippen LogP contribution in [0.25, 0.3) is 0 Å². The summed E-state index contributed by atoms with van der Waals surface area (Å²) in [5, 5.41) is 8.61. The smallest absolute Gasteiger partial charge is 0.240 e. The van der Waals surface area contributed by atoms with E-state index in [-0.39, 0.29) is 11.5 Å². The van der Waals surface area contributed by atoms with E-state index in [1.807, 2.05) is 6.92 Å². The third-order valence-corrected chi connectivity index (χ3v) is 4.15. The number of aliphatic hydroxyl groups excluding tert-OH is 1. The Kier molecular flexibility index (Phi) is 5.58. The van der Waals surface area contributed by atoms with Crippen molar-refractivity contribution in [2.24, 2.45) is 0 Å². The molecule has 1 rings (SSSR count). The molecule has 0 aromatic heterocycles. The zero-order valence-electron chi connectivity index (χ0n) is 10.5. The van der Waals surface area contributed by atoms with Gasteiger partial charge in [-0.25, -0.2) is 13.1 Å². The molecule has 0 bridgehead atoms. The van der Waals surface area contributed by atoms with Crippen molar-refractivity contribution in [2.45, 2.75) is 31.1 Å². The molecule has 0 aliphatic rings. The van der Waals surface area contributed by atoms with Crippen LogP contribution in [0.5, 0.6) is 0 Å². The number of aliphatic hydroxyl groups is 1. The maximum Gasteiger partial charge on any atom is 0.240 e. The number of nitrogens with two attached hydrogens (primary N) is 1. The summed E-state index contributed by atoms with van der Waals surface area (Å²) in [5.41, 5.74) is 7.02. The van der Waals surface area contributed by atoms with Crippen LogP contribution in [0.4, 0.5) is 5.69 Å². The highest BCUT2D eigenvalue weighted by Gasteiger charge is 2.13. The van der Waals surface area contributed by atoms with Crippen LogP contribution in [0.15, 0.2) is 23.1 Å². The minimum Gasteiger partial charge on any atom is -0.398 e. The summed E-state index contributed by atoms with van der Waals surface area (Å²) < 4.78 is 26.3. The number of benzene rings is 1. The number of anilines is 1. The van der Waals surface area contributed by atoms with Gasteiger partial charge in [-0.15, -0.1) is 0 Å². The Balaban J connectivity index is 2.60. The number of nitrogen functional groups attached to an aromatic ring is 1. The van der Waals surface area contributed by atoms with Crippen LogP contribution in [0.3, 0.4) is 0 Å². The monoisotopic (exact) mass is 272 g/mol. The zero-order valence-corrected chi connectivity index (χ0v) is 11.3. The van der Waals surface area contributed by atoms with Gasteiger partial charge in [0.1, 0.15) is 0 Å². The summed E-state index contributed by atoms with van der Waals surface area (Å²) >= 11 is 0. The standard InChI is InChI=1S/C12H20N2O3S/c1-10-5-6-11(9-12(10)13)18(16,17)14-7-3-2-4-8-15/h5-6,9,14-15H,2-4,7-8,13H2,1H3. The SMILES string of the molecule is Cc1ccc(S(=O)(=O)NCCCCCO)cc1N. The molecule has 0 unspecified atom stereocenters. The second-order valence-electron chi connectivity index (χ2n) is 4.20. The van der Waals surface area contributed by atoms with E-state index < -0.39 is 10.0 Å². The minimum atomic E-state index is -3.48. The molecule has 18 heavy (non-hydrogen) atoms. The second kappa shape index (κ2) is 6.72. The first-order valence-corrected chi connectivity index (χ1v) is 7.42. The van der Waals surface area contributed by atoms with Crippen LogP contribution in [-0.2, 0) is 10.0 Å². The van der Waals surface area contributed by atoms with Crippen molar-refractivity contribution in [2.75, 3.05) is 18.9 Å². The number of unbranched alkanes of at least 4 members (excludes halogenated alkanes) is 2. The van der Waals surface area contributed by atoms with Crippen molar-refractivity contribution in [3.63, 3.8) is 0 Å². The zero-order chi connectivity index (χ0) is 13.6. The first-order chi connectivity index (χ1) is 8.47. The van der Waals surface area contributed by atoms with Crippen LogP contribution in [0, 0.1) is 6.92 Å². The fraction of sp³-hybridized carbons (Fsp3) is 0.500. The van der Waals surface area contributed by atoms with Gasteiger partial charge in [-0.1, -0.05) is 6.07 Å². The molecule has 5 nitrogen and oxygen atoms in total. The molecule has 1 aromatic rings. The molecule has 4 N–H and O–H groups in total. The predicted molar refractivity (Wildman–Crippen MR) is 71.7 cm³/mol. The molecule has 0 aliphatic heterocycles. The Morgan fingerprint density at radius 2 is 2.00 bits per heavy atom. The molecule has 0 atom stereocenters. The Bertz CT molecular complexity index is 486. The molecule has 0 heterocycles. The molecular weight excluding hydrogens is 252 g/mol. The van der Waals surface area contributed by atoms with Gasteiger partial charge in [0.2, 0.25) is 10.0 Å². The van der Waals surface area contributed by atoms with Gasteiger partial charge in [0, 0.05) is 18.8 Å². The molecule has 6 heteroatoms. The van der Waals surface area contributed by atoms with E-state index >= 15 is 0 Å². The summed E-state index contributed by atoms with van der Waals surface area (Å²) in [6.45, 7) is 2.34. The van der Waals surface area contributed by atoms with Crippen LogP contribution in [-0.4, -0.2) is 26.7 Å². The Morgan fingerprint density at radius 3 is 2.61 bits per heavy atom. The lowest BCUT2D eigenvalue weighted by atomic mass is 10.2. The number of nitrogens with one attached hydrogen (secondary N) is 1. The fourth-order valence-electron chi connectivity index (χ4n) is 1.49. The van der Waals surface area contributed by atoms with Crippen LogP contribution < -0.4 is 10.5 Å². The molecule has 0 spiro atoms. The summed E-state index contributed by atoms with van der Waals surface area (Å²) in [7, 11) is -3.48. The van der Waals surface area contributed by atoms with Gasteiger partial charge in [0.15, 0.2) is 0 Å². The topological polar surface area (TPSA) is 92.4 Å². The third-order valence-electron chi connectivity index (χ3n) is 2.69. The van der Waals surface area contributed by atoms with Crippen molar-refractivity contribution in [1.82, 2.24) is 4.72 Å². The quantitative estimate of drug-likeness (QED) is 0.510. The summed E-state index contributed by atoms with van der Waals surface area (Å²) in [6.07, 6.45) is 2.20. The van der Waals surface area contributed by atoms with Crippen LogP contribution in [0.2, 0.25) is 0 Å². The van der Waals surface area contributed by atoms with E-state index in [4.69, 9.17) is 10.8 Å². The van der Waals surface area contributed by atoms with E-state index in [2.05, 4.69) is 4.72 Å². The Hall–Kier alpha value is -1.11. The Morgan fingerprint density at radius 1 is 1.28 bits per heavy atom. The lowest BCUT2D eigenvalue weighted by Crippen LogP contribution is -2.25. The van der Waals surface area contributed by atoms with Gasteiger partial charge < -0.3 is 10.8 Å². The highest BCUT2D eigenvalue weighted by Crippen LogP contribution is 2.16. The molecule has 0 aliphatic carbocycles. The van der Waals surface area contributed by atoms with E-state index in [9.17, 15) is 8.42 Å². The molecule has 102 valence electrons. The van der Waals surface area contributed by atoms with Crippen LogP contribution >= 0.6 is 0 Å². The highest BCUT2D eigenvalue weighted by atomic mass is 32.2. The van der Waals surface area contributed by atoms with Gasteiger partial charge >= 0.3 is 0 Å². The number of hydrogen-bond acceptors (Lipinski definition) is 4. The van der Waals surface area contributed by atoms with Gasteiger partial charge in [0.25, 0.3) is 0 Å². The third kappa shape index (κ3) is 4.29. The maximum atomic E-state index is 11.9. The largest absolute Gasteiger partial charge is 0.398 e. The van der Waals surface area contributed by atoms with Crippen molar-refractivity contribution in [3.8, 4) is 0 Å². The van der Waals surface area contributed by atoms with Crippen molar-refractivity contribution in [1.29, 1.82) is 0 Å². The van der Waals surface area contributed by atoms with Crippen molar-refractivity contribution in [3.05, 3.63) is 23.8 Å². The lowest BCUT2D eigenvalue weighted by molar-refractivity contribution is 0.283. The number of hydrogen-bond donors (Lipinski definition) is 3. The molecule has 1 aromatic carbocycles. The summed E-state index contributed by atoms with van der Waals surface area (Å²) in [5.74, 6) is 0. The average Bonchev–Trinajstić information content (AvgIpc) is 2.32.